The van der Waals surface area contributed by atoms with Crippen LogP contribution in [0.3, 0.4) is 0 Å². The zero-order chi connectivity index (χ0) is 14.5. The number of nitrogens with zero attached hydrogens (tertiary/aromatic N) is 2. The molecule has 0 unspecified atom stereocenters. The Morgan fingerprint density at radius 1 is 1.35 bits per heavy atom. The van der Waals surface area contributed by atoms with Crippen LogP contribution in [0.1, 0.15) is 18.2 Å². The molecule has 0 bridgehead atoms. The van der Waals surface area contributed by atoms with E-state index in [-0.39, 0.29) is 11.6 Å². The fourth-order valence-corrected chi connectivity index (χ4v) is 2.18. The standard InChI is InChI=1S/C13H11N3O3S/c1-9(17)14-13-15-11(8-20-13)5-2-10-3-6-12(7-4-10)16(18)19/h2-8H,1H3,(H,14,15,17)/b5-2-. The number of hydrogen-bond acceptors (Lipinski definition) is 5. The minimum absolute atomic E-state index is 0.0590. The van der Waals surface area contributed by atoms with E-state index in [0.717, 1.165) is 11.3 Å². The quantitative estimate of drug-likeness (QED) is 0.692. The number of amides is 1. The largest absolute Gasteiger partial charge is 0.302 e. The number of benzene rings is 1. The van der Waals surface area contributed by atoms with Crippen molar-refractivity contribution in [2.45, 2.75) is 6.92 Å². The summed E-state index contributed by atoms with van der Waals surface area (Å²) in [5.41, 5.74) is 1.62. The Morgan fingerprint density at radius 3 is 2.65 bits per heavy atom. The number of carbonyl (C=O) groups excluding carboxylic acids is 1. The molecule has 0 aliphatic carbocycles. The van der Waals surface area contributed by atoms with Crippen molar-refractivity contribution in [1.29, 1.82) is 0 Å². The highest BCUT2D eigenvalue weighted by Gasteiger charge is 2.03. The van der Waals surface area contributed by atoms with Gasteiger partial charge in [-0.15, -0.1) is 11.3 Å². The van der Waals surface area contributed by atoms with Gasteiger partial charge in [0.1, 0.15) is 0 Å². The van der Waals surface area contributed by atoms with Crippen LogP contribution in [0.4, 0.5) is 10.8 Å². The molecule has 0 aliphatic rings. The number of carbonyl (C=O) groups is 1. The average molecular weight is 289 g/mol. The number of aromatic nitrogens is 1. The predicted octanol–water partition coefficient (Wildman–Crippen LogP) is 3.18. The maximum Gasteiger partial charge on any atom is 0.269 e. The summed E-state index contributed by atoms with van der Waals surface area (Å²) in [6, 6.07) is 6.22. The molecule has 7 heteroatoms. The molecular weight excluding hydrogens is 278 g/mol. The molecule has 0 fully saturated rings. The van der Waals surface area contributed by atoms with Gasteiger partial charge in [0, 0.05) is 24.4 Å². The highest BCUT2D eigenvalue weighted by molar-refractivity contribution is 7.14. The third kappa shape index (κ3) is 3.72. The number of nitro groups is 1. The fourth-order valence-electron chi connectivity index (χ4n) is 1.46. The van der Waals surface area contributed by atoms with Crippen LogP contribution < -0.4 is 5.32 Å². The molecule has 102 valence electrons. The van der Waals surface area contributed by atoms with E-state index in [2.05, 4.69) is 10.3 Å². The Morgan fingerprint density at radius 2 is 2.05 bits per heavy atom. The summed E-state index contributed by atoms with van der Waals surface area (Å²) in [7, 11) is 0. The first-order valence-electron chi connectivity index (χ1n) is 5.70. The lowest BCUT2D eigenvalue weighted by molar-refractivity contribution is -0.384. The first kappa shape index (κ1) is 13.9. The highest BCUT2D eigenvalue weighted by atomic mass is 32.1. The number of non-ortho nitro benzene ring substituents is 1. The van der Waals surface area contributed by atoms with Crippen LogP contribution in [0.5, 0.6) is 0 Å². The summed E-state index contributed by atoms with van der Waals surface area (Å²) in [6.45, 7) is 1.42. The molecule has 1 N–H and O–H groups in total. The molecule has 1 heterocycles. The Balaban J connectivity index is 2.07. The van der Waals surface area contributed by atoms with Crippen LogP contribution >= 0.6 is 11.3 Å². The van der Waals surface area contributed by atoms with Gasteiger partial charge in [-0.1, -0.05) is 6.08 Å². The molecule has 1 aromatic heterocycles. The van der Waals surface area contributed by atoms with Crippen molar-refractivity contribution in [3.8, 4) is 0 Å². The third-order valence-corrected chi connectivity index (χ3v) is 3.13. The normalized spacial score (nSPS) is 10.7. The van der Waals surface area contributed by atoms with Crippen LogP contribution in [0.2, 0.25) is 0 Å². The summed E-state index contributed by atoms with van der Waals surface area (Å²) in [5, 5.41) is 15.5. The molecule has 1 aromatic carbocycles. The predicted molar refractivity (Wildman–Crippen MR) is 78.4 cm³/mol. The molecule has 0 radical (unpaired) electrons. The van der Waals surface area contributed by atoms with Crippen LogP contribution in [-0.4, -0.2) is 15.8 Å². The lowest BCUT2D eigenvalue weighted by atomic mass is 10.2. The number of hydrogen-bond donors (Lipinski definition) is 1. The third-order valence-electron chi connectivity index (χ3n) is 2.36. The first-order valence-corrected chi connectivity index (χ1v) is 6.58. The molecule has 0 spiro atoms. The van der Waals surface area contributed by atoms with Crippen molar-refractivity contribution in [1.82, 2.24) is 4.98 Å². The number of anilines is 1. The monoisotopic (exact) mass is 289 g/mol. The topological polar surface area (TPSA) is 85.1 Å². The van der Waals surface area contributed by atoms with Gasteiger partial charge in [-0.2, -0.15) is 0 Å². The van der Waals surface area contributed by atoms with Gasteiger partial charge in [-0.3, -0.25) is 14.9 Å². The summed E-state index contributed by atoms with van der Waals surface area (Å²) in [4.78, 5) is 25.2. The van der Waals surface area contributed by atoms with Crippen molar-refractivity contribution in [3.05, 3.63) is 51.0 Å². The van der Waals surface area contributed by atoms with Gasteiger partial charge in [-0.25, -0.2) is 4.98 Å². The second-order valence-electron chi connectivity index (χ2n) is 3.94. The van der Waals surface area contributed by atoms with E-state index < -0.39 is 4.92 Å². The average Bonchev–Trinajstić information content (AvgIpc) is 2.83. The second kappa shape index (κ2) is 6.07. The van der Waals surface area contributed by atoms with E-state index in [1.807, 2.05) is 5.38 Å². The zero-order valence-corrected chi connectivity index (χ0v) is 11.4. The lowest BCUT2D eigenvalue weighted by Gasteiger charge is -1.93. The van der Waals surface area contributed by atoms with E-state index >= 15 is 0 Å². The van der Waals surface area contributed by atoms with E-state index in [1.54, 1.807) is 24.3 Å². The smallest absolute Gasteiger partial charge is 0.269 e. The number of nitro benzene ring substituents is 1. The number of thiazole rings is 1. The van der Waals surface area contributed by atoms with Gasteiger partial charge in [0.25, 0.3) is 5.69 Å². The minimum atomic E-state index is -0.437. The molecule has 1 amide bonds. The van der Waals surface area contributed by atoms with Crippen LogP contribution in [0.15, 0.2) is 29.6 Å². The molecule has 0 atom stereocenters. The maximum atomic E-state index is 10.9. The Kier molecular flexibility index (Phi) is 4.21. The molecular formula is C13H11N3O3S. The number of nitrogens with one attached hydrogen (secondary N) is 1. The van der Waals surface area contributed by atoms with E-state index in [9.17, 15) is 14.9 Å². The van der Waals surface area contributed by atoms with Crippen molar-refractivity contribution in [2.24, 2.45) is 0 Å². The Labute approximate surface area is 118 Å². The Hall–Kier alpha value is -2.54. The summed E-state index contributed by atoms with van der Waals surface area (Å²) < 4.78 is 0. The summed E-state index contributed by atoms with van der Waals surface area (Å²) in [5.74, 6) is -0.162. The summed E-state index contributed by atoms with van der Waals surface area (Å²) in [6.07, 6.45) is 3.58. The van der Waals surface area contributed by atoms with Crippen LogP contribution in [0.25, 0.3) is 12.2 Å². The van der Waals surface area contributed by atoms with E-state index in [0.29, 0.717) is 5.13 Å². The molecule has 2 aromatic rings. The molecule has 0 saturated heterocycles. The van der Waals surface area contributed by atoms with Gasteiger partial charge < -0.3 is 5.32 Å². The number of rotatable bonds is 4. The summed E-state index contributed by atoms with van der Waals surface area (Å²) >= 11 is 1.34. The van der Waals surface area contributed by atoms with E-state index in [1.165, 1.54) is 30.4 Å². The lowest BCUT2D eigenvalue weighted by Crippen LogP contribution is -2.04. The van der Waals surface area contributed by atoms with Gasteiger partial charge >= 0.3 is 0 Å². The first-order chi connectivity index (χ1) is 9.54. The SMILES string of the molecule is CC(=O)Nc1nc(/C=C\c2ccc([N+](=O)[O-])cc2)cs1. The molecule has 0 aliphatic heterocycles. The van der Waals surface area contributed by atoms with Gasteiger partial charge in [0.2, 0.25) is 5.91 Å². The van der Waals surface area contributed by atoms with Crippen molar-refractivity contribution < 1.29 is 9.72 Å². The van der Waals surface area contributed by atoms with Crippen LogP contribution in [-0.2, 0) is 4.79 Å². The second-order valence-corrected chi connectivity index (χ2v) is 4.80. The van der Waals surface area contributed by atoms with Gasteiger partial charge in [0.05, 0.1) is 10.6 Å². The highest BCUT2D eigenvalue weighted by Crippen LogP contribution is 2.18. The maximum absolute atomic E-state index is 10.9. The fraction of sp³-hybridized carbons (Fsp3) is 0.0769. The van der Waals surface area contributed by atoms with Gasteiger partial charge in [0.15, 0.2) is 5.13 Å². The van der Waals surface area contributed by atoms with Gasteiger partial charge in [-0.05, 0) is 23.8 Å². The van der Waals surface area contributed by atoms with Crippen molar-refractivity contribution in [2.75, 3.05) is 5.32 Å². The molecule has 2 rings (SSSR count). The van der Waals surface area contributed by atoms with Crippen molar-refractivity contribution >= 4 is 40.2 Å². The van der Waals surface area contributed by atoms with Crippen LogP contribution in [0, 0.1) is 10.1 Å². The van der Waals surface area contributed by atoms with E-state index in [4.69, 9.17) is 0 Å². The zero-order valence-electron chi connectivity index (χ0n) is 10.6. The minimum Gasteiger partial charge on any atom is -0.302 e. The molecule has 0 saturated carbocycles. The van der Waals surface area contributed by atoms with Crippen molar-refractivity contribution in [3.63, 3.8) is 0 Å². The molecule has 20 heavy (non-hydrogen) atoms. The molecule has 6 nitrogen and oxygen atoms in total. The Bertz CT molecular complexity index is 662.